The van der Waals surface area contributed by atoms with Crippen molar-refractivity contribution in [3.05, 3.63) is 25.6 Å². The minimum atomic E-state index is 0.625. The van der Waals surface area contributed by atoms with E-state index in [1.807, 2.05) is 13.8 Å². The highest BCUT2D eigenvalue weighted by Gasteiger charge is 2.08. The summed E-state index contributed by atoms with van der Waals surface area (Å²) in [6.07, 6.45) is 0. The van der Waals surface area contributed by atoms with Crippen LogP contribution in [0.3, 0.4) is 0 Å². The van der Waals surface area contributed by atoms with Gasteiger partial charge in [-0.2, -0.15) is 0 Å². The van der Waals surface area contributed by atoms with Crippen LogP contribution in [-0.4, -0.2) is 13.2 Å². The largest absolute Gasteiger partial charge is 0.479 e. The molecule has 0 amide bonds. The Morgan fingerprint density at radius 1 is 1.42 bits per heavy atom. The van der Waals surface area contributed by atoms with Gasteiger partial charge in [0, 0.05) is 12.5 Å². The molecule has 1 unspecified atom stereocenters. The SMILES string of the molecule is C=C.C=C1NCC(C)CO1.CC. The van der Waals surface area contributed by atoms with E-state index in [1.165, 1.54) is 0 Å². The predicted molar refractivity (Wildman–Crippen MR) is 54.9 cm³/mol. The molecule has 1 aliphatic heterocycles. The lowest BCUT2D eigenvalue weighted by molar-refractivity contribution is 0.119. The van der Waals surface area contributed by atoms with Gasteiger partial charge in [0.25, 0.3) is 0 Å². The lowest BCUT2D eigenvalue weighted by Crippen LogP contribution is -2.30. The molecule has 0 bridgehead atoms. The Balaban J connectivity index is 0. The summed E-state index contributed by atoms with van der Waals surface area (Å²) < 4.78 is 5.08. The molecule has 0 saturated carbocycles. The second-order valence-corrected chi connectivity index (χ2v) is 2.22. The van der Waals surface area contributed by atoms with E-state index in [0.717, 1.165) is 13.2 Å². The van der Waals surface area contributed by atoms with Gasteiger partial charge in [0.1, 0.15) is 0 Å². The molecule has 2 heteroatoms. The molecule has 0 spiro atoms. The minimum Gasteiger partial charge on any atom is -0.479 e. The normalized spacial score (nSPS) is 19.9. The Labute approximate surface area is 76.3 Å². The van der Waals surface area contributed by atoms with Gasteiger partial charge in [0.05, 0.1) is 6.61 Å². The summed E-state index contributed by atoms with van der Waals surface area (Å²) in [6.45, 7) is 17.6. The van der Waals surface area contributed by atoms with Crippen LogP contribution in [0.5, 0.6) is 0 Å². The van der Waals surface area contributed by atoms with Gasteiger partial charge in [0.2, 0.25) is 0 Å². The van der Waals surface area contributed by atoms with Gasteiger partial charge in [-0.05, 0) is 6.58 Å². The molecule has 1 N–H and O–H groups in total. The molecule has 0 aromatic carbocycles. The summed E-state index contributed by atoms with van der Waals surface area (Å²) in [5.74, 6) is 1.34. The number of nitrogens with one attached hydrogen (secondary N) is 1. The van der Waals surface area contributed by atoms with Crippen LogP contribution in [0.15, 0.2) is 25.6 Å². The quantitative estimate of drug-likeness (QED) is 0.565. The smallest absolute Gasteiger partial charge is 0.179 e. The van der Waals surface area contributed by atoms with Crippen molar-refractivity contribution >= 4 is 0 Å². The van der Waals surface area contributed by atoms with E-state index in [9.17, 15) is 0 Å². The van der Waals surface area contributed by atoms with Crippen molar-refractivity contribution in [3.8, 4) is 0 Å². The fourth-order valence-electron chi connectivity index (χ4n) is 0.641. The fourth-order valence-corrected chi connectivity index (χ4v) is 0.641. The van der Waals surface area contributed by atoms with E-state index in [-0.39, 0.29) is 0 Å². The van der Waals surface area contributed by atoms with E-state index in [2.05, 4.69) is 32.0 Å². The van der Waals surface area contributed by atoms with Crippen LogP contribution in [0.25, 0.3) is 0 Å². The highest BCUT2D eigenvalue weighted by molar-refractivity contribution is 4.83. The third-order valence-corrected chi connectivity index (χ3v) is 1.19. The van der Waals surface area contributed by atoms with E-state index in [0.29, 0.717) is 11.8 Å². The Hall–Kier alpha value is -0.920. The summed E-state index contributed by atoms with van der Waals surface area (Å²) in [7, 11) is 0. The molecule has 2 nitrogen and oxygen atoms in total. The minimum absolute atomic E-state index is 0.625. The Kier molecular flexibility index (Phi) is 11.5. The van der Waals surface area contributed by atoms with Gasteiger partial charge in [-0.1, -0.05) is 20.8 Å². The van der Waals surface area contributed by atoms with Crippen LogP contribution in [0.2, 0.25) is 0 Å². The van der Waals surface area contributed by atoms with Crippen molar-refractivity contribution in [2.24, 2.45) is 5.92 Å². The molecule has 1 rings (SSSR count). The van der Waals surface area contributed by atoms with Crippen LogP contribution in [-0.2, 0) is 4.74 Å². The maximum Gasteiger partial charge on any atom is 0.179 e. The topological polar surface area (TPSA) is 21.3 Å². The van der Waals surface area contributed by atoms with Gasteiger partial charge in [-0.15, -0.1) is 13.2 Å². The highest BCUT2D eigenvalue weighted by Crippen LogP contribution is 2.03. The fraction of sp³-hybridized carbons (Fsp3) is 0.600. The second kappa shape index (κ2) is 10.1. The Morgan fingerprint density at radius 3 is 2.17 bits per heavy atom. The molecular weight excluding hydrogens is 150 g/mol. The van der Waals surface area contributed by atoms with Crippen molar-refractivity contribution in [1.82, 2.24) is 5.32 Å². The number of hydrogen-bond donors (Lipinski definition) is 1. The first-order chi connectivity index (χ1) is 5.79. The average molecular weight is 171 g/mol. The van der Waals surface area contributed by atoms with Crippen molar-refractivity contribution in [3.63, 3.8) is 0 Å². The zero-order chi connectivity index (χ0) is 9.98. The van der Waals surface area contributed by atoms with E-state index < -0.39 is 0 Å². The van der Waals surface area contributed by atoms with Crippen LogP contribution in [0, 0.1) is 5.92 Å². The molecule has 1 heterocycles. The summed E-state index contributed by atoms with van der Waals surface area (Å²) in [5.41, 5.74) is 0. The molecule has 0 radical (unpaired) electrons. The van der Waals surface area contributed by atoms with Crippen molar-refractivity contribution in [1.29, 1.82) is 0 Å². The van der Waals surface area contributed by atoms with Gasteiger partial charge in [-0.25, -0.2) is 0 Å². The van der Waals surface area contributed by atoms with E-state index >= 15 is 0 Å². The number of ether oxygens (including phenoxy) is 1. The van der Waals surface area contributed by atoms with Gasteiger partial charge < -0.3 is 10.1 Å². The molecule has 72 valence electrons. The monoisotopic (exact) mass is 171 g/mol. The second-order valence-electron chi connectivity index (χ2n) is 2.22. The summed E-state index contributed by atoms with van der Waals surface area (Å²) in [4.78, 5) is 0. The van der Waals surface area contributed by atoms with Gasteiger partial charge in [-0.3, -0.25) is 0 Å². The summed E-state index contributed by atoms with van der Waals surface area (Å²) >= 11 is 0. The maximum atomic E-state index is 5.08. The zero-order valence-corrected chi connectivity index (χ0v) is 8.52. The Morgan fingerprint density at radius 2 is 1.92 bits per heavy atom. The van der Waals surface area contributed by atoms with Crippen molar-refractivity contribution in [2.75, 3.05) is 13.2 Å². The van der Waals surface area contributed by atoms with Crippen molar-refractivity contribution in [2.45, 2.75) is 20.8 Å². The molecular formula is C10H21NO. The lowest BCUT2D eigenvalue weighted by atomic mass is 10.2. The van der Waals surface area contributed by atoms with Crippen LogP contribution < -0.4 is 5.32 Å². The molecule has 0 aromatic rings. The summed E-state index contributed by atoms with van der Waals surface area (Å²) in [6, 6.07) is 0. The number of rotatable bonds is 0. The first-order valence-corrected chi connectivity index (χ1v) is 4.34. The molecule has 0 aliphatic carbocycles. The van der Waals surface area contributed by atoms with Crippen molar-refractivity contribution < 1.29 is 4.74 Å². The first kappa shape index (κ1) is 13.7. The molecule has 1 atom stereocenters. The van der Waals surface area contributed by atoms with Crippen LogP contribution in [0.4, 0.5) is 0 Å². The predicted octanol–water partition coefficient (Wildman–Crippen LogP) is 2.54. The van der Waals surface area contributed by atoms with E-state index in [1.54, 1.807) is 0 Å². The van der Waals surface area contributed by atoms with E-state index in [4.69, 9.17) is 4.74 Å². The highest BCUT2D eigenvalue weighted by atomic mass is 16.5. The van der Waals surface area contributed by atoms with Gasteiger partial charge >= 0.3 is 0 Å². The molecule has 1 saturated heterocycles. The Bertz CT molecular complexity index is 102. The lowest BCUT2D eigenvalue weighted by Gasteiger charge is -2.22. The third kappa shape index (κ3) is 7.19. The summed E-state index contributed by atoms with van der Waals surface area (Å²) in [5, 5.41) is 3.02. The molecule has 1 fully saturated rings. The molecule has 1 aliphatic rings. The number of hydrogen-bond acceptors (Lipinski definition) is 2. The molecule has 0 aromatic heterocycles. The average Bonchev–Trinajstić information content (AvgIpc) is 2.17. The van der Waals surface area contributed by atoms with Crippen LogP contribution in [0.1, 0.15) is 20.8 Å². The van der Waals surface area contributed by atoms with Crippen LogP contribution >= 0.6 is 0 Å². The third-order valence-electron chi connectivity index (χ3n) is 1.19. The maximum absolute atomic E-state index is 5.08. The van der Waals surface area contributed by atoms with Gasteiger partial charge in [0.15, 0.2) is 5.88 Å². The zero-order valence-electron chi connectivity index (χ0n) is 8.52. The standard InChI is InChI=1S/C6H11NO.C2H6.C2H4/c1-5-3-7-6(2)8-4-5;2*1-2/h5,7H,2-4H2,1H3;1-2H3;1-2H2. The first-order valence-electron chi connectivity index (χ1n) is 4.34. The molecule has 12 heavy (non-hydrogen) atoms.